The Morgan fingerprint density at radius 1 is 1.22 bits per heavy atom. The number of nitrogens with two attached hydrogens (primary N) is 1. The van der Waals surface area contributed by atoms with E-state index in [9.17, 15) is 0 Å². The SMILES string of the molecule is CC(C)C1CCCCC1(CN)N1CCCOCC1. The summed E-state index contributed by atoms with van der Waals surface area (Å²) in [5.74, 6) is 1.49. The molecular formula is C15H30N2O. The van der Waals surface area contributed by atoms with Crippen molar-refractivity contribution in [2.24, 2.45) is 17.6 Å². The summed E-state index contributed by atoms with van der Waals surface area (Å²) in [5, 5.41) is 0. The fraction of sp³-hybridized carbons (Fsp3) is 1.00. The van der Waals surface area contributed by atoms with Gasteiger partial charge in [0.1, 0.15) is 0 Å². The van der Waals surface area contributed by atoms with Crippen molar-refractivity contribution in [2.75, 3.05) is 32.8 Å². The first kappa shape index (κ1) is 14.3. The Hall–Kier alpha value is -0.120. The van der Waals surface area contributed by atoms with Crippen molar-refractivity contribution in [1.29, 1.82) is 0 Å². The highest BCUT2D eigenvalue weighted by Gasteiger charge is 2.45. The predicted octanol–water partition coefficient (Wildman–Crippen LogP) is 2.25. The fourth-order valence-electron chi connectivity index (χ4n) is 4.17. The first-order valence-corrected chi connectivity index (χ1v) is 7.73. The summed E-state index contributed by atoms with van der Waals surface area (Å²) in [7, 11) is 0. The minimum atomic E-state index is 0.250. The summed E-state index contributed by atoms with van der Waals surface area (Å²) in [6, 6.07) is 0. The van der Waals surface area contributed by atoms with E-state index in [1.54, 1.807) is 0 Å². The highest BCUT2D eigenvalue weighted by atomic mass is 16.5. The van der Waals surface area contributed by atoms with E-state index in [1.165, 1.54) is 32.2 Å². The van der Waals surface area contributed by atoms with E-state index in [0.29, 0.717) is 0 Å². The molecule has 0 amide bonds. The molecule has 0 bridgehead atoms. The van der Waals surface area contributed by atoms with Gasteiger partial charge in [0.2, 0.25) is 0 Å². The van der Waals surface area contributed by atoms with Crippen molar-refractivity contribution >= 4 is 0 Å². The Balaban J connectivity index is 2.19. The molecule has 0 aromatic heterocycles. The standard InChI is InChI=1S/C15H30N2O/c1-13(2)14-6-3-4-7-15(14,12-16)17-8-5-10-18-11-9-17/h13-14H,3-12,16H2,1-2H3. The maximum atomic E-state index is 6.27. The van der Waals surface area contributed by atoms with Gasteiger partial charge in [-0.15, -0.1) is 0 Å². The van der Waals surface area contributed by atoms with Gasteiger partial charge < -0.3 is 10.5 Å². The Morgan fingerprint density at radius 2 is 2.06 bits per heavy atom. The average molecular weight is 254 g/mol. The van der Waals surface area contributed by atoms with Crippen LogP contribution in [0.25, 0.3) is 0 Å². The molecule has 0 aromatic carbocycles. The molecule has 106 valence electrons. The second-order valence-electron chi connectivity index (χ2n) is 6.36. The largest absolute Gasteiger partial charge is 0.380 e. The molecular weight excluding hydrogens is 224 g/mol. The zero-order valence-corrected chi connectivity index (χ0v) is 12.2. The van der Waals surface area contributed by atoms with Crippen LogP contribution >= 0.6 is 0 Å². The van der Waals surface area contributed by atoms with E-state index >= 15 is 0 Å². The van der Waals surface area contributed by atoms with Crippen molar-refractivity contribution in [3.05, 3.63) is 0 Å². The number of hydrogen-bond acceptors (Lipinski definition) is 3. The van der Waals surface area contributed by atoms with Crippen LogP contribution in [0.5, 0.6) is 0 Å². The van der Waals surface area contributed by atoms with Crippen LogP contribution in [-0.2, 0) is 4.74 Å². The Morgan fingerprint density at radius 3 is 2.78 bits per heavy atom. The molecule has 0 spiro atoms. The van der Waals surface area contributed by atoms with Crippen molar-refractivity contribution in [1.82, 2.24) is 4.90 Å². The van der Waals surface area contributed by atoms with Crippen molar-refractivity contribution in [3.63, 3.8) is 0 Å². The van der Waals surface area contributed by atoms with Crippen molar-refractivity contribution in [2.45, 2.75) is 51.5 Å². The van der Waals surface area contributed by atoms with Crippen molar-refractivity contribution in [3.8, 4) is 0 Å². The number of nitrogens with zero attached hydrogens (tertiary/aromatic N) is 1. The van der Waals surface area contributed by atoms with E-state index in [0.717, 1.165) is 44.6 Å². The molecule has 1 aliphatic carbocycles. The molecule has 18 heavy (non-hydrogen) atoms. The minimum absolute atomic E-state index is 0.250. The Kier molecular flexibility index (Phi) is 5.05. The molecule has 1 saturated carbocycles. The molecule has 2 fully saturated rings. The van der Waals surface area contributed by atoms with Crippen LogP contribution in [0.2, 0.25) is 0 Å². The lowest BCUT2D eigenvalue weighted by atomic mass is 9.66. The minimum Gasteiger partial charge on any atom is -0.380 e. The van der Waals surface area contributed by atoms with Crippen LogP contribution in [0, 0.1) is 11.8 Å². The predicted molar refractivity (Wildman–Crippen MR) is 75.6 cm³/mol. The lowest BCUT2D eigenvalue weighted by Gasteiger charge is -2.52. The monoisotopic (exact) mass is 254 g/mol. The molecule has 1 saturated heterocycles. The Labute approximate surface area is 112 Å². The maximum Gasteiger partial charge on any atom is 0.0593 e. The molecule has 2 aliphatic rings. The van der Waals surface area contributed by atoms with Gasteiger partial charge in [0.15, 0.2) is 0 Å². The summed E-state index contributed by atoms with van der Waals surface area (Å²) < 4.78 is 5.62. The average Bonchev–Trinajstić information content (AvgIpc) is 2.67. The van der Waals surface area contributed by atoms with E-state index < -0.39 is 0 Å². The first-order chi connectivity index (χ1) is 8.70. The van der Waals surface area contributed by atoms with Gasteiger partial charge in [0.05, 0.1) is 6.61 Å². The van der Waals surface area contributed by atoms with Crippen LogP contribution < -0.4 is 5.73 Å². The van der Waals surface area contributed by atoms with Gasteiger partial charge in [-0.05, 0) is 31.1 Å². The molecule has 0 radical (unpaired) electrons. The molecule has 0 aromatic rings. The summed E-state index contributed by atoms with van der Waals surface area (Å²) in [5.41, 5.74) is 6.52. The van der Waals surface area contributed by atoms with E-state index in [4.69, 9.17) is 10.5 Å². The smallest absolute Gasteiger partial charge is 0.0593 e. The van der Waals surface area contributed by atoms with Gasteiger partial charge >= 0.3 is 0 Å². The zero-order chi connectivity index (χ0) is 13.0. The molecule has 3 heteroatoms. The lowest BCUT2D eigenvalue weighted by Crippen LogP contribution is -2.61. The number of rotatable bonds is 3. The highest BCUT2D eigenvalue weighted by molar-refractivity contribution is 5.01. The quantitative estimate of drug-likeness (QED) is 0.839. The molecule has 1 heterocycles. The van der Waals surface area contributed by atoms with E-state index in [-0.39, 0.29) is 5.54 Å². The van der Waals surface area contributed by atoms with Crippen LogP contribution in [0.15, 0.2) is 0 Å². The number of ether oxygens (including phenoxy) is 1. The van der Waals surface area contributed by atoms with Crippen LogP contribution in [0.4, 0.5) is 0 Å². The summed E-state index contributed by atoms with van der Waals surface area (Å²) >= 11 is 0. The van der Waals surface area contributed by atoms with Gasteiger partial charge in [0, 0.05) is 31.8 Å². The third-order valence-electron chi connectivity index (χ3n) is 5.08. The van der Waals surface area contributed by atoms with Gasteiger partial charge in [-0.3, -0.25) is 4.90 Å². The lowest BCUT2D eigenvalue weighted by molar-refractivity contribution is -0.0146. The first-order valence-electron chi connectivity index (χ1n) is 7.73. The molecule has 2 N–H and O–H groups in total. The van der Waals surface area contributed by atoms with Crippen LogP contribution in [-0.4, -0.2) is 43.3 Å². The van der Waals surface area contributed by atoms with Gasteiger partial charge in [-0.2, -0.15) is 0 Å². The van der Waals surface area contributed by atoms with Crippen molar-refractivity contribution < 1.29 is 4.74 Å². The van der Waals surface area contributed by atoms with E-state index in [2.05, 4.69) is 18.7 Å². The second kappa shape index (κ2) is 6.36. The number of hydrogen-bond donors (Lipinski definition) is 1. The van der Waals surface area contributed by atoms with Gasteiger partial charge in [-0.1, -0.05) is 26.7 Å². The topological polar surface area (TPSA) is 38.5 Å². The second-order valence-corrected chi connectivity index (χ2v) is 6.36. The highest BCUT2D eigenvalue weighted by Crippen LogP contribution is 2.42. The third kappa shape index (κ3) is 2.73. The fourth-order valence-corrected chi connectivity index (χ4v) is 4.17. The van der Waals surface area contributed by atoms with Crippen LogP contribution in [0.3, 0.4) is 0 Å². The molecule has 2 atom stereocenters. The summed E-state index contributed by atoms with van der Waals surface area (Å²) in [4.78, 5) is 2.67. The van der Waals surface area contributed by atoms with Gasteiger partial charge in [-0.25, -0.2) is 0 Å². The van der Waals surface area contributed by atoms with Gasteiger partial charge in [0.25, 0.3) is 0 Å². The molecule has 1 aliphatic heterocycles. The molecule has 2 unspecified atom stereocenters. The third-order valence-corrected chi connectivity index (χ3v) is 5.08. The Bertz CT molecular complexity index is 249. The zero-order valence-electron chi connectivity index (χ0n) is 12.2. The maximum absolute atomic E-state index is 6.27. The molecule has 2 rings (SSSR count). The van der Waals surface area contributed by atoms with Crippen LogP contribution in [0.1, 0.15) is 46.0 Å². The summed E-state index contributed by atoms with van der Waals surface area (Å²) in [6.07, 6.45) is 6.53. The summed E-state index contributed by atoms with van der Waals surface area (Å²) in [6.45, 7) is 9.59. The molecule has 3 nitrogen and oxygen atoms in total. The van der Waals surface area contributed by atoms with E-state index in [1.807, 2.05) is 0 Å². The normalized spacial score (nSPS) is 35.7.